The second kappa shape index (κ2) is 11.5. The molecule has 0 spiro atoms. The van der Waals surface area contributed by atoms with E-state index in [4.69, 9.17) is 0 Å². The first-order valence-corrected chi connectivity index (χ1v) is 19.1. The van der Waals surface area contributed by atoms with Crippen molar-refractivity contribution in [3.63, 3.8) is 0 Å². The lowest BCUT2D eigenvalue weighted by Gasteiger charge is -2.22. The second-order valence-electron chi connectivity index (χ2n) is 15.8. The zero-order valence-electron chi connectivity index (χ0n) is 30.7. The normalized spacial score (nSPS) is 13.2. The van der Waals surface area contributed by atoms with E-state index in [1.165, 1.54) is 115 Å². The molecule has 0 saturated carbocycles. The zero-order valence-corrected chi connectivity index (χ0v) is 30.7. The average molecular weight is 687 g/mol. The molecule has 0 radical (unpaired) electrons. The van der Waals surface area contributed by atoms with E-state index in [-0.39, 0.29) is 5.41 Å². The van der Waals surface area contributed by atoms with Crippen molar-refractivity contribution < 1.29 is 0 Å². The lowest BCUT2D eigenvalue weighted by molar-refractivity contribution is 0.660. The van der Waals surface area contributed by atoms with E-state index in [1.54, 1.807) is 0 Å². The van der Waals surface area contributed by atoms with Gasteiger partial charge in [0, 0.05) is 5.41 Å². The van der Waals surface area contributed by atoms with Crippen LogP contribution in [-0.4, -0.2) is 0 Å². The molecule has 0 heterocycles. The van der Waals surface area contributed by atoms with Gasteiger partial charge in [0.05, 0.1) is 0 Å². The van der Waals surface area contributed by atoms with E-state index in [0.717, 1.165) is 0 Å². The van der Waals surface area contributed by atoms with Gasteiger partial charge in [0.15, 0.2) is 0 Å². The van der Waals surface area contributed by atoms with Crippen LogP contribution in [0.4, 0.5) is 0 Å². The van der Waals surface area contributed by atoms with Gasteiger partial charge in [-0.25, -0.2) is 0 Å². The van der Waals surface area contributed by atoms with Crippen LogP contribution in [0.2, 0.25) is 0 Å². The number of hydrogen-bond donors (Lipinski definition) is 0. The van der Waals surface area contributed by atoms with Crippen LogP contribution in [-0.2, 0) is 5.41 Å². The molecule has 0 aromatic heterocycles. The molecule has 0 N–H and O–H groups in total. The monoisotopic (exact) mass is 686 g/mol. The topological polar surface area (TPSA) is 0 Å². The SMILES string of the molecule is Cc1cc2c(-c3ccc4ccccc4c3)cc3c4ccccc4c(-c4ccc5ccccc5c4)cc3c2cc1-c1ccc2c(c1)C(C)(C)c1ccccc1-2. The maximum absolute atomic E-state index is 2.49. The van der Waals surface area contributed by atoms with Crippen molar-refractivity contribution in [2.24, 2.45) is 0 Å². The molecule has 0 aliphatic heterocycles. The highest BCUT2D eigenvalue weighted by Crippen LogP contribution is 2.50. The average Bonchev–Trinajstić information content (AvgIpc) is 3.44. The van der Waals surface area contributed by atoms with Crippen molar-refractivity contribution in [1.82, 2.24) is 0 Å². The number of rotatable bonds is 3. The summed E-state index contributed by atoms with van der Waals surface area (Å²) in [5, 5.41) is 12.7. The number of hydrogen-bond acceptors (Lipinski definition) is 0. The van der Waals surface area contributed by atoms with Gasteiger partial charge in [0.2, 0.25) is 0 Å². The molecular formula is C54H38. The van der Waals surface area contributed by atoms with Crippen molar-refractivity contribution >= 4 is 53.9 Å². The van der Waals surface area contributed by atoms with Gasteiger partial charge < -0.3 is 0 Å². The molecule has 0 nitrogen and oxygen atoms in total. The molecule has 254 valence electrons. The summed E-state index contributed by atoms with van der Waals surface area (Å²) < 4.78 is 0. The molecule has 10 aromatic rings. The molecule has 0 bridgehead atoms. The molecule has 11 rings (SSSR count). The molecule has 0 unspecified atom stereocenters. The minimum absolute atomic E-state index is 0.0592. The molecule has 10 aromatic carbocycles. The molecule has 0 fully saturated rings. The zero-order chi connectivity index (χ0) is 36.1. The third-order valence-corrected chi connectivity index (χ3v) is 12.3. The van der Waals surface area contributed by atoms with E-state index in [9.17, 15) is 0 Å². The first kappa shape index (κ1) is 31.1. The van der Waals surface area contributed by atoms with Crippen molar-refractivity contribution in [1.29, 1.82) is 0 Å². The summed E-state index contributed by atoms with van der Waals surface area (Å²) in [7, 11) is 0. The van der Waals surface area contributed by atoms with E-state index < -0.39 is 0 Å². The number of aryl methyl sites for hydroxylation is 1. The Morgan fingerprint density at radius 2 is 0.778 bits per heavy atom. The van der Waals surface area contributed by atoms with Gasteiger partial charge in [0.25, 0.3) is 0 Å². The van der Waals surface area contributed by atoms with Crippen molar-refractivity contribution in [3.05, 3.63) is 193 Å². The lowest BCUT2D eigenvalue weighted by atomic mass is 9.81. The van der Waals surface area contributed by atoms with Gasteiger partial charge in [0.1, 0.15) is 0 Å². The van der Waals surface area contributed by atoms with Gasteiger partial charge in [-0.3, -0.25) is 0 Å². The maximum Gasteiger partial charge on any atom is 0.0159 e. The van der Waals surface area contributed by atoms with Crippen LogP contribution in [0.25, 0.3) is 98.4 Å². The third kappa shape index (κ3) is 4.56. The molecule has 0 atom stereocenters. The fraction of sp³-hybridized carbons (Fsp3) is 0.0741. The maximum atomic E-state index is 2.49. The van der Waals surface area contributed by atoms with Crippen LogP contribution in [0.3, 0.4) is 0 Å². The van der Waals surface area contributed by atoms with E-state index in [2.05, 4.69) is 197 Å². The summed E-state index contributed by atoms with van der Waals surface area (Å²) in [5.74, 6) is 0. The molecule has 1 aliphatic carbocycles. The van der Waals surface area contributed by atoms with Crippen molar-refractivity contribution in [3.8, 4) is 44.5 Å². The summed E-state index contributed by atoms with van der Waals surface area (Å²) in [6.45, 7) is 7.03. The smallest absolute Gasteiger partial charge is 0.0159 e. The van der Waals surface area contributed by atoms with Gasteiger partial charge in [-0.15, -0.1) is 0 Å². The van der Waals surface area contributed by atoms with Gasteiger partial charge >= 0.3 is 0 Å². The quantitative estimate of drug-likeness (QED) is 0.162. The van der Waals surface area contributed by atoms with Gasteiger partial charge in [-0.1, -0.05) is 153 Å². The Kier molecular flexibility index (Phi) is 6.61. The summed E-state index contributed by atoms with van der Waals surface area (Å²) in [5.41, 5.74) is 14.3. The van der Waals surface area contributed by atoms with Crippen LogP contribution in [0, 0.1) is 6.92 Å². The minimum Gasteiger partial charge on any atom is -0.0619 e. The van der Waals surface area contributed by atoms with E-state index >= 15 is 0 Å². The Morgan fingerprint density at radius 3 is 1.48 bits per heavy atom. The molecule has 0 amide bonds. The standard InChI is InChI=1S/C54H38/c1-33-26-48-47(39-23-21-35-13-5-7-15-37(35)28-39)32-49-42-17-9-8-16-41(42)46(38-22-20-34-12-4-6-14-36(34)27-38)31-51(49)50(48)30-45(33)40-24-25-44-43-18-10-11-19-52(43)54(2,3)53(44)29-40/h4-32H,1-3H3. The molecule has 1 aliphatic rings. The second-order valence-corrected chi connectivity index (χ2v) is 15.8. The Hall–Kier alpha value is -6.50. The van der Waals surface area contributed by atoms with Crippen LogP contribution < -0.4 is 0 Å². The Bertz CT molecular complexity index is 3190. The van der Waals surface area contributed by atoms with Gasteiger partial charge in [-0.05, 0) is 158 Å². The number of fused-ring (bicyclic) bond motifs is 10. The summed E-state index contributed by atoms with van der Waals surface area (Å²) in [4.78, 5) is 0. The van der Waals surface area contributed by atoms with E-state index in [0.29, 0.717) is 0 Å². The first-order chi connectivity index (χ1) is 26.4. The van der Waals surface area contributed by atoms with Crippen molar-refractivity contribution in [2.75, 3.05) is 0 Å². The number of benzene rings is 10. The summed E-state index contributed by atoms with van der Waals surface area (Å²) >= 11 is 0. The highest BCUT2D eigenvalue weighted by Gasteiger charge is 2.35. The minimum atomic E-state index is -0.0592. The van der Waals surface area contributed by atoms with Crippen LogP contribution >= 0.6 is 0 Å². The first-order valence-electron chi connectivity index (χ1n) is 19.1. The summed E-state index contributed by atoms with van der Waals surface area (Å²) in [6.07, 6.45) is 0. The largest absolute Gasteiger partial charge is 0.0619 e. The Balaban J connectivity index is 1.22. The van der Waals surface area contributed by atoms with Crippen LogP contribution in [0.1, 0.15) is 30.5 Å². The highest BCUT2D eigenvalue weighted by atomic mass is 14.4. The van der Waals surface area contributed by atoms with Crippen LogP contribution in [0.5, 0.6) is 0 Å². The third-order valence-electron chi connectivity index (χ3n) is 12.3. The fourth-order valence-electron chi connectivity index (χ4n) is 9.53. The lowest BCUT2D eigenvalue weighted by Crippen LogP contribution is -2.14. The Labute approximate surface area is 316 Å². The molecule has 0 heteroatoms. The van der Waals surface area contributed by atoms with Gasteiger partial charge in [-0.2, -0.15) is 0 Å². The van der Waals surface area contributed by atoms with E-state index in [1.807, 2.05) is 0 Å². The predicted molar refractivity (Wildman–Crippen MR) is 233 cm³/mol. The molecular weight excluding hydrogens is 649 g/mol. The fourth-order valence-corrected chi connectivity index (χ4v) is 9.53. The van der Waals surface area contributed by atoms with Crippen molar-refractivity contribution in [2.45, 2.75) is 26.2 Å². The molecule has 54 heavy (non-hydrogen) atoms. The van der Waals surface area contributed by atoms with Crippen LogP contribution in [0.15, 0.2) is 176 Å². The molecule has 0 saturated heterocycles. The Morgan fingerprint density at radius 1 is 0.296 bits per heavy atom. The summed E-state index contributed by atoms with van der Waals surface area (Å²) in [6, 6.07) is 66.2. The predicted octanol–water partition coefficient (Wildman–Crippen LogP) is 15.1. The highest BCUT2D eigenvalue weighted by molar-refractivity contribution is 6.24.